The van der Waals surface area contributed by atoms with Crippen molar-refractivity contribution in [1.82, 2.24) is 15.3 Å². The Balaban J connectivity index is 1.78. The van der Waals surface area contributed by atoms with Crippen LogP contribution in [0.1, 0.15) is 38.4 Å². The molecule has 4 nitrogen and oxygen atoms in total. The van der Waals surface area contributed by atoms with Crippen LogP contribution in [0, 0.1) is 27.7 Å². The van der Waals surface area contributed by atoms with E-state index in [1.165, 1.54) is 11.1 Å². The Morgan fingerprint density at radius 2 is 1.58 bits per heavy atom. The second-order valence-corrected chi connectivity index (χ2v) is 6.20. The van der Waals surface area contributed by atoms with Crippen molar-refractivity contribution in [2.75, 3.05) is 0 Å². The highest BCUT2D eigenvalue weighted by molar-refractivity contribution is 5.97. The highest BCUT2D eigenvalue weighted by Gasteiger charge is 2.09. The molecule has 0 aliphatic carbocycles. The summed E-state index contributed by atoms with van der Waals surface area (Å²) in [5.74, 6) is -0.102. The van der Waals surface area contributed by atoms with Gasteiger partial charge in [0.1, 0.15) is 0 Å². The number of amides is 1. The first-order valence-electron chi connectivity index (χ1n) is 8.03. The van der Waals surface area contributed by atoms with Crippen molar-refractivity contribution in [2.24, 2.45) is 0 Å². The Kier molecular flexibility index (Phi) is 4.30. The van der Waals surface area contributed by atoms with Crippen LogP contribution in [0.3, 0.4) is 0 Å². The number of benzene rings is 2. The minimum absolute atomic E-state index is 0.102. The molecule has 1 N–H and O–H groups in total. The van der Waals surface area contributed by atoms with Gasteiger partial charge in [-0.3, -0.25) is 4.79 Å². The molecule has 1 heterocycles. The molecule has 0 fully saturated rings. The topological polar surface area (TPSA) is 54.9 Å². The Morgan fingerprint density at radius 1 is 0.875 bits per heavy atom. The first kappa shape index (κ1) is 16.1. The molecule has 2 aromatic carbocycles. The molecule has 0 saturated heterocycles. The molecule has 3 aromatic rings. The lowest BCUT2D eigenvalue weighted by molar-refractivity contribution is 0.0951. The molecule has 0 spiro atoms. The van der Waals surface area contributed by atoms with Crippen LogP contribution in [-0.4, -0.2) is 15.9 Å². The van der Waals surface area contributed by atoms with Crippen LogP contribution in [0.25, 0.3) is 11.0 Å². The molecule has 3 rings (SSSR count). The lowest BCUT2D eigenvalue weighted by atomic mass is 10.1. The van der Waals surface area contributed by atoms with E-state index < -0.39 is 0 Å². The van der Waals surface area contributed by atoms with Crippen LogP contribution in [0.4, 0.5) is 0 Å². The van der Waals surface area contributed by atoms with E-state index in [0.717, 1.165) is 28.0 Å². The largest absolute Gasteiger partial charge is 0.348 e. The number of rotatable bonds is 3. The van der Waals surface area contributed by atoms with E-state index in [9.17, 15) is 4.79 Å². The third-order valence-corrected chi connectivity index (χ3v) is 4.36. The van der Waals surface area contributed by atoms with Gasteiger partial charge in [0.15, 0.2) is 0 Å². The number of carbonyl (C=O) groups excluding carboxylic acids is 1. The predicted molar refractivity (Wildman–Crippen MR) is 96.1 cm³/mol. The molecule has 122 valence electrons. The predicted octanol–water partition coefficient (Wildman–Crippen LogP) is 3.79. The minimum atomic E-state index is -0.102. The van der Waals surface area contributed by atoms with Crippen LogP contribution in [0.2, 0.25) is 0 Å². The van der Waals surface area contributed by atoms with Crippen LogP contribution in [-0.2, 0) is 6.54 Å². The second kappa shape index (κ2) is 6.40. The second-order valence-electron chi connectivity index (χ2n) is 6.20. The van der Waals surface area contributed by atoms with E-state index in [1.54, 1.807) is 12.1 Å². The summed E-state index contributed by atoms with van der Waals surface area (Å²) in [7, 11) is 0. The zero-order chi connectivity index (χ0) is 17.3. The van der Waals surface area contributed by atoms with Gasteiger partial charge in [0.05, 0.1) is 22.4 Å². The van der Waals surface area contributed by atoms with E-state index in [4.69, 9.17) is 0 Å². The van der Waals surface area contributed by atoms with Crippen molar-refractivity contribution in [3.63, 3.8) is 0 Å². The zero-order valence-corrected chi connectivity index (χ0v) is 14.5. The van der Waals surface area contributed by atoms with E-state index in [1.807, 2.05) is 26.0 Å². The minimum Gasteiger partial charge on any atom is -0.348 e. The van der Waals surface area contributed by atoms with Crippen molar-refractivity contribution >= 4 is 16.9 Å². The van der Waals surface area contributed by atoms with Gasteiger partial charge in [0.2, 0.25) is 0 Å². The Labute approximate surface area is 142 Å². The molecule has 4 heteroatoms. The number of hydrogen-bond donors (Lipinski definition) is 1. The van der Waals surface area contributed by atoms with E-state index >= 15 is 0 Å². The Bertz CT molecular complexity index is 932. The maximum atomic E-state index is 12.4. The van der Waals surface area contributed by atoms with E-state index in [0.29, 0.717) is 12.1 Å². The molecule has 0 aliphatic heterocycles. The molecule has 24 heavy (non-hydrogen) atoms. The number of carbonyl (C=O) groups is 1. The van der Waals surface area contributed by atoms with Crippen molar-refractivity contribution in [3.05, 3.63) is 70.0 Å². The highest BCUT2D eigenvalue weighted by atomic mass is 16.1. The Morgan fingerprint density at radius 3 is 2.29 bits per heavy atom. The normalized spacial score (nSPS) is 10.8. The number of aromatic nitrogens is 2. The summed E-state index contributed by atoms with van der Waals surface area (Å²) in [6.45, 7) is 8.53. The van der Waals surface area contributed by atoms with Gasteiger partial charge in [-0.1, -0.05) is 18.2 Å². The first-order valence-corrected chi connectivity index (χ1v) is 8.03. The fourth-order valence-corrected chi connectivity index (χ4v) is 2.57. The van der Waals surface area contributed by atoms with E-state index in [2.05, 4.69) is 41.3 Å². The average Bonchev–Trinajstić information content (AvgIpc) is 2.56. The summed E-state index contributed by atoms with van der Waals surface area (Å²) < 4.78 is 0. The fourth-order valence-electron chi connectivity index (χ4n) is 2.57. The third-order valence-electron chi connectivity index (χ3n) is 4.36. The van der Waals surface area contributed by atoms with Gasteiger partial charge in [-0.2, -0.15) is 0 Å². The summed E-state index contributed by atoms with van der Waals surface area (Å²) >= 11 is 0. The van der Waals surface area contributed by atoms with Crippen molar-refractivity contribution in [2.45, 2.75) is 34.2 Å². The summed E-state index contributed by atoms with van der Waals surface area (Å²) in [6.07, 6.45) is 0. The maximum Gasteiger partial charge on any atom is 0.251 e. The van der Waals surface area contributed by atoms with Crippen molar-refractivity contribution in [1.29, 1.82) is 0 Å². The molecule has 1 aromatic heterocycles. The van der Waals surface area contributed by atoms with Gasteiger partial charge in [0.25, 0.3) is 5.91 Å². The van der Waals surface area contributed by atoms with Crippen LogP contribution in [0.15, 0.2) is 36.4 Å². The van der Waals surface area contributed by atoms with Gasteiger partial charge >= 0.3 is 0 Å². The molecular formula is C20H21N3O. The first-order chi connectivity index (χ1) is 11.4. The number of nitrogens with zero attached hydrogens (tertiary/aromatic N) is 2. The van der Waals surface area contributed by atoms with Gasteiger partial charge in [-0.15, -0.1) is 0 Å². The monoisotopic (exact) mass is 319 g/mol. The summed E-state index contributed by atoms with van der Waals surface area (Å²) in [5.41, 5.74) is 7.53. The van der Waals surface area contributed by atoms with Gasteiger partial charge in [0, 0.05) is 12.1 Å². The quantitative estimate of drug-likeness (QED) is 0.799. The zero-order valence-electron chi connectivity index (χ0n) is 14.5. The van der Waals surface area contributed by atoms with Crippen molar-refractivity contribution in [3.8, 4) is 0 Å². The molecule has 0 unspecified atom stereocenters. The number of hydrogen-bond acceptors (Lipinski definition) is 3. The van der Waals surface area contributed by atoms with E-state index in [-0.39, 0.29) is 5.91 Å². The molecule has 0 bridgehead atoms. The molecule has 1 amide bonds. The van der Waals surface area contributed by atoms with Crippen LogP contribution < -0.4 is 5.32 Å². The van der Waals surface area contributed by atoms with Gasteiger partial charge < -0.3 is 5.32 Å². The lowest BCUT2D eigenvalue weighted by Crippen LogP contribution is -2.22. The maximum absolute atomic E-state index is 12.4. The van der Waals surface area contributed by atoms with Crippen LogP contribution in [0.5, 0.6) is 0 Å². The summed E-state index contributed by atoms with van der Waals surface area (Å²) in [4.78, 5) is 21.4. The molecular weight excluding hydrogens is 298 g/mol. The standard InChI is InChI=1S/C20H21N3O/c1-12-5-6-16(9-13(12)2)11-21-20(24)17-7-8-18-19(10-17)23-15(4)14(3)22-18/h5-10H,11H2,1-4H3,(H,21,24). The van der Waals surface area contributed by atoms with Crippen molar-refractivity contribution < 1.29 is 4.79 Å². The molecule has 0 radical (unpaired) electrons. The number of fused-ring (bicyclic) bond motifs is 1. The molecule has 0 atom stereocenters. The average molecular weight is 319 g/mol. The van der Waals surface area contributed by atoms with Gasteiger partial charge in [-0.25, -0.2) is 9.97 Å². The highest BCUT2D eigenvalue weighted by Crippen LogP contribution is 2.15. The fraction of sp³-hybridized carbons (Fsp3) is 0.250. The summed E-state index contributed by atoms with van der Waals surface area (Å²) in [6, 6.07) is 11.7. The number of nitrogens with one attached hydrogen (secondary N) is 1. The Hall–Kier alpha value is -2.75. The number of aryl methyl sites for hydroxylation is 4. The molecule has 0 aliphatic rings. The lowest BCUT2D eigenvalue weighted by Gasteiger charge is -2.08. The molecule has 0 saturated carbocycles. The smallest absolute Gasteiger partial charge is 0.251 e. The van der Waals surface area contributed by atoms with Crippen LogP contribution >= 0.6 is 0 Å². The SMILES string of the molecule is Cc1ccc(CNC(=O)c2ccc3nc(C)c(C)nc3c2)cc1C. The third kappa shape index (κ3) is 3.27. The summed E-state index contributed by atoms with van der Waals surface area (Å²) in [5, 5.41) is 2.97. The van der Waals surface area contributed by atoms with Gasteiger partial charge in [-0.05, 0) is 62.6 Å².